The SMILES string of the molecule is COC(=O)C1=C(C)NC(=O)N[C@@H]1c1ccc(OCC(=O)N/N=C\c2cc(I)c(O)c(I)c2)c(OC)c1. The number of hydrazone groups is 1. The lowest BCUT2D eigenvalue weighted by atomic mass is 9.95. The van der Waals surface area contributed by atoms with Crippen LogP contribution in [0.1, 0.15) is 24.1 Å². The molecule has 3 rings (SSSR count). The topological polar surface area (TPSA) is 148 Å². The van der Waals surface area contributed by atoms with Gasteiger partial charge in [-0.2, -0.15) is 5.10 Å². The fourth-order valence-corrected chi connectivity index (χ4v) is 5.14. The van der Waals surface area contributed by atoms with E-state index in [4.69, 9.17) is 14.2 Å². The van der Waals surface area contributed by atoms with Crippen LogP contribution >= 0.6 is 45.2 Å². The van der Waals surface area contributed by atoms with Crippen molar-refractivity contribution in [3.63, 3.8) is 0 Å². The van der Waals surface area contributed by atoms with Crippen LogP contribution in [-0.2, 0) is 14.3 Å². The Kier molecular flexibility index (Phi) is 9.36. The lowest BCUT2D eigenvalue weighted by molar-refractivity contribution is -0.136. The number of carbonyl (C=O) groups excluding carboxylic acids is 3. The Balaban J connectivity index is 1.68. The van der Waals surface area contributed by atoms with Gasteiger partial charge in [0.1, 0.15) is 5.75 Å². The summed E-state index contributed by atoms with van der Waals surface area (Å²) in [6.07, 6.45) is 1.46. The van der Waals surface area contributed by atoms with E-state index in [1.54, 1.807) is 37.3 Å². The number of ether oxygens (including phenoxy) is 3. The van der Waals surface area contributed by atoms with Crippen LogP contribution in [0.4, 0.5) is 4.79 Å². The van der Waals surface area contributed by atoms with E-state index in [-0.39, 0.29) is 23.7 Å². The molecule has 0 bridgehead atoms. The van der Waals surface area contributed by atoms with Crippen molar-refractivity contribution in [1.82, 2.24) is 16.1 Å². The van der Waals surface area contributed by atoms with Crippen LogP contribution in [0.2, 0.25) is 0 Å². The fourth-order valence-electron chi connectivity index (χ4n) is 3.32. The Morgan fingerprint density at radius 2 is 1.86 bits per heavy atom. The number of carbonyl (C=O) groups is 3. The molecule has 0 fully saturated rings. The van der Waals surface area contributed by atoms with Crippen LogP contribution in [0.3, 0.4) is 0 Å². The quantitative estimate of drug-likeness (QED) is 0.142. The van der Waals surface area contributed by atoms with Crippen LogP contribution in [0.25, 0.3) is 0 Å². The lowest BCUT2D eigenvalue weighted by Gasteiger charge is -2.28. The summed E-state index contributed by atoms with van der Waals surface area (Å²) in [7, 11) is 2.69. The first-order valence-electron chi connectivity index (χ1n) is 10.3. The van der Waals surface area contributed by atoms with Crippen LogP contribution < -0.4 is 25.5 Å². The number of halogens is 2. The number of esters is 1. The van der Waals surface area contributed by atoms with Gasteiger partial charge in [-0.1, -0.05) is 6.07 Å². The van der Waals surface area contributed by atoms with Gasteiger partial charge >= 0.3 is 12.0 Å². The molecule has 0 saturated heterocycles. The maximum Gasteiger partial charge on any atom is 0.337 e. The highest BCUT2D eigenvalue weighted by atomic mass is 127. The van der Waals surface area contributed by atoms with E-state index in [1.165, 1.54) is 20.4 Å². The second-order valence-corrected chi connectivity index (χ2v) is 9.71. The smallest absolute Gasteiger partial charge is 0.337 e. The number of hydrogen-bond donors (Lipinski definition) is 4. The summed E-state index contributed by atoms with van der Waals surface area (Å²) in [5.74, 6) is -0.313. The summed E-state index contributed by atoms with van der Waals surface area (Å²) in [4.78, 5) is 36.5. The number of methoxy groups -OCH3 is 2. The third-order valence-corrected chi connectivity index (χ3v) is 6.64. The molecule has 0 aliphatic carbocycles. The highest BCUT2D eigenvalue weighted by molar-refractivity contribution is 14.1. The number of benzene rings is 2. The fraction of sp³-hybridized carbons (Fsp3) is 0.217. The maximum atomic E-state index is 12.3. The van der Waals surface area contributed by atoms with Gasteiger partial charge in [0.2, 0.25) is 0 Å². The van der Waals surface area contributed by atoms with Gasteiger partial charge in [0.05, 0.1) is 39.2 Å². The number of rotatable bonds is 8. The zero-order valence-electron chi connectivity index (χ0n) is 19.3. The molecule has 4 N–H and O–H groups in total. The molecule has 1 atom stereocenters. The average Bonchev–Trinajstić information content (AvgIpc) is 2.85. The summed E-state index contributed by atoms with van der Waals surface area (Å²) in [5.41, 5.74) is 4.27. The first-order valence-corrected chi connectivity index (χ1v) is 12.5. The molecule has 1 aliphatic heterocycles. The monoisotopic (exact) mass is 720 g/mol. The van der Waals surface area contributed by atoms with E-state index >= 15 is 0 Å². The number of hydrogen-bond acceptors (Lipinski definition) is 8. The highest BCUT2D eigenvalue weighted by Gasteiger charge is 2.32. The van der Waals surface area contributed by atoms with Crippen molar-refractivity contribution in [2.24, 2.45) is 5.10 Å². The highest BCUT2D eigenvalue weighted by Crippen LogP contribution is 2.34. The van der Waals surface area contributed by atoms with Crippen LogP contribution in [0.15, 0.2) is 46.7 Å². The van der Waals surface area contributed by atoms with Crippen molar-refractivity contribution >= 4 is 69.3 Å². The van der Waals surface area contributed by atoms with Crippen molar-refractivity contribution in [2.75, 3.05) is 20.8 Å². The first-order chi connectivity index (χ1) is 17.1. The van der Waals surface area contributed by atoms with Crippen molar-refractivity contribution in [3.8, 4) is 17.2 Å². The maximum absolute atomic E-state index is 12.3. The van der Waals surface area contributed by atoms with Gasteiger partial charge in [0.15, 0.2) is 18.1 Å². The van der Waals surface area contributed by atoms with E-state index in [0.29, 0.717) is 29.7 Å². The Hall–Kier alpha value is -3.08. The number of phenolic OH excluding ortho intramolecular Hbond substituents is 1. The number of urea groups is 1. The number of amides is 3. The normalized spacial score (nSPS) is 15.2. The molecular formula is C23H22I2N4O7. The number of aromatic hydroxyl groups is 1. The second kappa shape index (κ2) is 12.2. The molecule has 1 aliphatic rings. The Bertz CT molecular complexity index is 1240. The first kappa shape index (κ1) is 27.5. The second-order valence-electron chi connectivity index (χ2n) is 7.39. The van der Waals surface area contributed by atoms with Gasteiger partial charge in [-0.3, -0.25) is 4.79 Å². The van der Waals surface area contributed by atoms with Gasteiger partial charge < -0.3 is 30.0 Å². The lowest BCUT2D eigenvalue weighted by Crippen LogP contribution is -2.45. The molecule has 0 spiro atoms. The number of allylic oxidation sites excluding steroid dienone is 1. The summed E-state index contributed by atoms with van der Waals surface area (Å²) in [6, 6.07) is 7.05. The zero-order chi connectivity index (χ0) is 26.4. The molecule has 1 heterocycles. The zero-order valence-corrected chi connectivity index (χ0v) is 23.7. The third kappa shape index (κ3) is 6.57. The predicted molar refractivity (Wildman–Crippen MR) is 147 cm³/mol. The molecule has 2 aromatic carbocycles. The molecular weight excluding hydrogens is 698 g/mol. The minimum absolute atomic E-state index is 0.195. The standard InChI is InChI=1S/C23H22I2N4O7/c1-11-19(22(32)35-3)20(28-23(33)27-11)13-4-5-16(17(8-13)34-2)36-10-18(30)29-26-9-12-6-14(24)21(31)15(25)7-12/h4-9,20,31H,10H2,1-3H3,(H,29,30)(H2,27,28,33)/b26-9-/t20-/m1/s1. The molecule has 11 nitrogen and oxygen atoms in total. The molecule has 0 saturated carbocycles. The largest absolute Gasteiger partial charge is 0.506 e. The minimum atomic E-state index is -0.766. The van der Waals surface area contributed by atoms with E-state index in [0.717, 1.165) is 0 Å². The van der Waals surface area contributed by atoms with Crippen LogP contribution in [0, 0.1) is 7.14 Å². The molecule has 2 aromatic rings. The van der Waals surface area contributed by atoms with Gasteiger partial charge in [-0.05, 0) is 87.5 Å². The van der Waals surface area contributed by atoms with E-state index < -0.39 is 23.9 Å². The predicted octanol–water partition coefficient (Wildman–Crippen LogP) is 2.94. The average molecular weight is 720 g/mol. The molecule has 0 unspecified atom stereocenters. The van der Waals surface area contributed by atoms with Crippen LogP contribution in [-0.4, -0.2) is 50.1 Å². The van der Waals surface area contributed by atoms with Crippen LogP contribution in [0.5, 0.6) is 17.2 Å². The molecule has 0 aromatic heterocycles. The van der Waals surface area contributed by atoms with E-state index in [9.17, 15) is 19.5 Å². The van der Waals surface area contributed by atoms with E-state index in [1.807, 2.05) is 45.2 Å². The summed E-state index contributed by atoms with van der Waals surface area (Å²) < 4.78 is 17.2. The molecule has 3 amide bonds. The van der Waals surface area contributed by atoms with Gasteiger partial charge in [0, 0.05) is 5.70 Å². The number of nitrogens with one attached hydrogen (secondary N) is 3. The minimum Gasteiger partial charge on any atom is -0.506 e. The van der Waals surface area contributed by atoms with Gasteiger partial charge in [0.25, 0.3) is 5.91 Å². The van der Waals surface area contributed by atoms with Gasteiger partial charge in [-0.15, -0.1) is 0 Å². The Morgan fingerprint density at radius 3 is 2.50 bits per heavy atom. The number of nitrogens with zero attached hydrogens (tertiary/aromatic N) is 1. The molecule has 36 heavy (non-hydrogen) atoms. The number of phenols is 1. The van der Waals surface area contributed by atoms with Crippen molar-refractivity contribution in [2.45, 2.75) is 13.0 Å². The summed E-state index contributed by atoms with van der Waals surface area (Å²) >= 11 is 4.01. The Labute approximate surface area is 233 Å². The van der Waals surface area contributed by atoms with Crippen molar-refractivity contribution < 1.29 is 33.7 Å². The molecule has 13 heteroatoms. The Morgan fingerprint density at radius 1 is 1.17 bits per heavy atom. The summed E-state index contributed by atoms with van der Waals surface area (Å²) in [5, 5.41) is 19.0. The van der Waals surface area contributed by atoms with E-state index in [2.05, 4.69) is 21.2 Å². The molecule has 0 radical (unpaired) electrons. The third-order valence-electron chi connectivity index (χ3n) is 5.00. The van der Waals surface area contributed by atoms with Gasteiger partial charge in [-0.25, -0.2) is 15.0 Å². The molecule has 190 valence electrons. The van der Waals surface area contributed by atoms with Crippen molar-refractivity contribution in [3.05, 3.63) is 59.9 Å². The van der Waals surface area contributed by atoms with Crippen molar-refractivity contribution in [1.29, 1.82) is 0 Å². The summed E-state index contributed by atoms with van der Waals surface area (Å²) in [6.45, 7) is 1.27.